The van der Waals surface area contributed by atoms with Crippen LogP contribution in [0.15, 0.2) is 72.8 Å². The topological polar surface area (TPSA) is 173 Å². The van der Waals surface area contributed by atoms with E-state index < -0.39 is 0 Å². The van der Waals surface area contributed by atoms with Crippen molar-refractivity contribution in [2.24, 2.45) is 0 Å². The van der Waals surface area contributed by atoms with Crippen LogP contribution >= 0.6 is 23.2 Å². The Hall–Kier alpha value is -4.48. The highest BCUT2D eigenvalue weighted by molar-refractivity contribution is 6.41. The Balaban J connectivity index is 0.807. The summed E-state index contributed by atoms with van der Waals surface area (Å²) in [6.45, 7) is 8.38. The maximum atomic E-state index is 6.88. The number of benzene rings is 4. The smallest absolute Gasteiger partial charge is 0.189 e. The zero-order valence-corrected chi connectivity index (χ0v) is 40.6. The number of hydrogen-bond donors (Lipinski definition) is 0. The normalized spacial score (nSPS) is 18.5. The molecule has 380 valence electrons. The van der Waals surface area contributed by atoms with Crippen LogP contribution in [0.5, 0.6) is 23.0 Å². The highest BCUT2D eigenvalue weighted by atomic mass is 35.5. The molecule has 20 heteroatoms. The van der Waals surface area contributed by atoms with E-state index in [9.17, 15) is 0 Å². The zero-order valence-electron chi connectivity index (χ0n) is 39.1. The molecule has 7 rings (SSSR count). The van der Waals surface area contributed by atoms with Crippen molar-refractivity contribution in [2.45, 2.75) is 0 Å². The van der Waals surface area contributed by atoms with Crippen molar-refractivity contribution in [1.29, 1.82) is 0 Å². The van der Waals surface area contributed by atoms with Gasteiger partial charge < -0.3 is 75.8 Å². The van der Waals surface area contributed by atoms with Gasteiger partial charge in [-0.05, 0) is 72.8 Å². The number of halogens is 2. The molecule has 0 atom stereocenters. The molecular weight excluding hydrogens is 955 g/mol. The highest BCUT2D eigenvalue weighted by Gasteiger charge is 2.13. The number of ether oxygens (including phenoxy) is 16. The Morgan fingerprint density at radius 2 is 0.443 bits per heavy atom. The number of pyridine rings is 2. The predicted molar refractivity (Wildman–Crippen MR) is 261 cm³/mol. The third-order valence-electron chi connectivity index (χ3n) is 10.3. The van der Waals surface area contributed by atoms with Gasteiger partial charge in [0.25, 0.3) is 0 Å². The summed E-state index contributed by atoms with van der Waals surface area (Å²) in [6, 6.07) is 22.1. The van der Waals surface area contributed by atoms with Crippen LogP contribution in [0, 0.1) is 0 Å². The van der Waals surface area contributed by atoms with Crippen LogP contribution in [0.2, 0.25) is 10.0 Å². The molecule has 0 fully saturated rings. The van der Waals surface area contributed by atoms with Crippen LogP contribution in [0.1, 0.15) is 0 Å². The van der Waals surface area contributed by atoms with Crippen LogP contribution in [-0.4, -0.2) is 169 Å². The Morgan fingerprint density at radius 1 is 0.257 bits per heavy atom. The molecule has 0 amide bonds. The molecule has 0 saturated heterocycles. The molecule has 1 aliphatic heterocycles. The minimum atomic E-state index is 0.0444. The average molecular weight is 1020 g/mol. The van der Waals surface area contributed by atoms with Gasteiger partial charge in [-0.3, -0.25) is 0 Å². The number of nitrogens with zero attached hydrogens (tertiary/aromatic N) is 2. The second-order valence-corrected chi connectivity index (χ2v) is 15.9. The molecule has 1 aliphatic rings. The van der Waals surface area contributed by atoms with Crippen molar-refractivity contribution < 1.29 is 75.8 Å². The van der Waals surface area contributed by atoms with Crippen LogP contribution in [0.25, 0.3) is 43.6 Å². The molecule has 0 saturated carbocycles. The van der Waals surface area contributed by atoms with Crippen molar-refractivity contribution in [3.05, 3.63) is 82.8 Å². The summed E-state index contributed by atoms with van der Waals surface area (Å²) in [5.74, 6) is 2.38. The van der Waals surface area contributed by atoms with E-state index in [-0.39, 0.29) is 27.2 Å². The van der Waals surface area contributed by atoms with E-state index in [1.807, 2.05) is 72.8 Å². The molecule has 0 spiro atoms. The fourth-order valence-electron chi connectivity index (χ4n) is 6.73. The minimum Gasteiger partial charge on any atom is -0.468 e. The number of hydrogen-bond acceptors (Lipinski definition) is 18. The second-order valence-electron chi connectivity index (χ2n) is 15.1. The molecule has 8 bridgehead atoms. The largest absolute Gasteiger partial charge is 0.468 e. The van der Waals surface area contributed by atoms with Gasteiger partial charge in [0.05, 0.1) is 164 Å². The van der Waals surface area contributed by atoms with E-state index in [0.29, 0.717) is 165 Å². The summed E-state index contributed by atoms with van der Waals surface area (Å²) in [5, 5.41) is 4.04. The van der Waals surface area contributed by atoms with E-state index in [2.05, 4.69) is 0 Å². The van der Waals surface area contributed by atoms with Crippen LogP contribution in [0.4, 0.5) is 0 Å². The molecular formula is C50H60Cl2N2O16. The first-order valence-electron chi connectivity index (χ1n) is 23.1. The number of fused-ring (bicyclic) bond motifs is 4. The lowest BCUT2D eigenvalue weighted by molar-refractivity contribution is -0.0385. The van der Waals surface area contributed by atoms with E-state index >= 15 is 0 Å². The zero-order chi connectivity index (χ0) is 48.3. The first-order chi connectivity index (χ1) is 34.6. The third kappa shape index (κ3) is 18.0. The first kappa shape index (κ1) is 53.3. The number of aromatic nitrogens is 2. The average Bonchev–Trinajstić information content (AvgIpc) is 3.37. The summed E-state index contributed by atoms with van der Waals surface area (Å²) in [6.07, 6.45) is 0. The lowest BCUT2D eigenvalue weighted by atomic mass is 10.1. The van der Waals surface area contributed by atoms with E-state index in [1.54, 1.807) is 0 Å². The molecule has 0 N–H and O–H groups in total. The van der Waals surface area contributed by atoms with Gasteiger partial charge in [-0.15, -0.1) is 0 Å². The molecule has 70 heavy (non-hydrogen) atoms. The van der Waals surface area contributed by atoms with Crippen molar-refractivity contribution in [1.82, 2.24) is 9.97 Å². The van der Waals surface area contributed by atoms with Crippen LogP contribution in [0.3, 0.4) is 0 Å². The quantitative estimate of drug-likeness (QED) is 0.136. The van der Waals surface area contributed by atoms with Gasteiger partial charge in [0.15, 0.2) is 27.2 Å². The monoisotopic (exact) mass is 1010 g/mol. The Morgan fingerprint density at radius 3 is 0.643 bits per heavy atom. The molecule has 0 unspecified atom stereocenters. The van der Waals surface area contributed by atoms with Gasteiger partial charge >= 0.3 is 0 Å². The predicted octanol–water partition coefficient (Wildman–Crippen LogP) is 7.65. The lowest BCUT2D eigenvalue weighted by Gasteiger charge is -2.12. The summed E-state index contributed by atoms with van der Waals surface area (Å²) < 4.78 is 90.4. The summed E-state index contributed by atoms with van der Waals surface area (Å²) in [7, 11) is 0. The van der Waals surface area contributed by atoms with Gasteiger partial charge in [0.2, 0.25) is 0 Å². The van der Waals surface area contributed by atoms with Crippen molar-refractivity contribution >= 4 is 66.8 Å². The second kappa shape index (κ2) is 31.1. The van der Waals surface area contributed by atoms with Crippen LogP contribution in [-0.2, 0) is 56.8 Å². The molecule has 0 aliphatic carbocycles. The van der Waals surface area contributed by atoms with E-state index in [4.69, 9.17) is 109 Å². The highest BCUT2D eigenvalue weighted by Crippen LogP contribution is 2.36. The molecule has 6 aromatic rings. The Labute approximate surface area is 416 Å². The summed E-state index contributed by atoms with van der Waals surface area (Å²) in [5.41, 5.74) is 2.96. The third-order valence-corrected chi connectivity index (χ3v) is 11.1. The first-order valence-corrected chi connectivity index (χ1v) is 23.9. The maximum Gasteiger partial charge on any atom is 0.189 e. The SMILES string of the molecule is Clc1c2cc3ccc2nc2ccc(cc12)OCOCCOCCOCCOCCOCCOCOc1ccc2nc4ccc(cc4c(Cl)c2c1)OCOCCOCCOCCOCCOCCOCO3. The molecule has 0 radical (unpaired) electrons. The standard InChI is InChI=1S/C50H60Cl2N2O16/c51-49-41-29-37-1-5-45(41)53-46-6-2-38(30-42(46)49)68-34-64-26-22-60-18-15-57-11-12-58-16-20-62-24-28-66-36-70-40-4-8-48-44(32-40)50(52)43-31-39(3-7-47(43)54-48)69-35-65-27-23-61-19-14-56-10-9-55-13-17-59-21-25-63-33-67-37/h1-8,29-32H,9-28,33-36H2. The summed E-state index contributed by atoms with van der Waals surface area (Å²) in [4.78, 5) is 9.52. The van der Waals surface area contributed by atoms with Gasteiger partial charge in [0, 0.05) is 21.5 Å². The van der Waals surface area contributed by atoms with Gasteiger partial charge in [-0.1, -0.05) is 23.2 Å². The van der Waals surface area contributed by atoms with Gasteiger partial charge in [-0.25, -0.2) is 9.97 Å². The fraction of sp³-hybridized carbons (Fsp3) is 0.480. The van der Waals surface area contributed by atoms with E-state index in [1.165, 1.54) is 0 Å². The minimum absolute atomic E-state index is 0.0444. The Kier molecular flexibility index (Phi) is 23.7. The fourth-order valence-corrected chi connectivity index (χ4v) is 7.34. The van der Waals surface area contributed by atoms with Crippen molar-refractivity contribution in [3.8, 4) is 23.0 Å². The van der Waals surface area contributed by atoms with Crippen LogP contribution < -0.4 is 18.9 Å². The van der Waals surface area contributed by atoms with Gasteiger partial charge in [0.1, 0.15) is 23.0 Å². The molecule has 18 nitrogen and oxygen atoms in total. The Bertz CT molecular complexity index is 2140. The summed E-state index contributed by atoms with van der Waals surface area (Å²) >= 11 is 13.8. The molecule has 3 heterocycles. The maximum absolute atomic E-state index is 6.88. The number of rotatable bonds is 0. The lowest BCUT2D eigenvalue weighted by Crippen LogP contribution is -2.15. The molecule has 4 aromatic carbocycles. The van der Waals surface area contributed by atoms with Crippen molar-refractivity contribution in [3.63, 3.8) is 0 Å². The molecule has 2 aromatic heterocycles. The van der Waals surface area contributed by atoms with Crippen molar-refractivity contribution in [2.75, 3.05) is 159 Å². The van der Waals surface area contributed by atoms with E-state index in [0.717, 1.165) is 43.6 Å². The van der Waals surface area contributed by atoms with Gasteiger partial charge in [-0.2, -0.15) is 0 Å².